The molecule has 200 valence electrons. The molecule has 0 spiro atoms. The normalized spacial score (nSPS) is 16.6. The van der Waals surface area contributed by atoms with Crippen molar-refractivity contribution in [1.29, 1.82) is 0 Å². The molecular weight excluding hydrogens is 491 g/mol. The summed E-state index contributed by atoms with van der Waals surface area (Å²) >= 11 is 0. The minimum atomic E-state index is -0.324. The molecule has 1 fully saturated rings. The molecular formula is C32H33FN4O2. The third kappa shape index (κ3) is 5.57. The molecule has 1 aliphatic rings. The van der Waals surface area contributed by atoms with Crippen LogP contribution in [0.1, 0.15) is 62.2 Å². The third-order valence-electron chi connectivity index (χ3n) is 7.44. The fourth-order valence-corrected chi connectivity index (χ4v) is 5.56. The van der Waals surface area contributed by atoms with Crippen LogP contribution in [0.4, 0.5) is 4.39 Å². The number of Topliss-reactive ketones (excluding diaryl/α,β-unsaturated/α-hetero) is 1. The molecule has 2 atom stereocenters. The molecule has 1 aliphatic heterocycles. The highest BCUT2D eigenvalue weighted by Gasteiger charge is 2.35. The summed E-state index contributed by atoms with van der Waals surface area (Å²) in [6.45, 7) is 5.22. The molecule has 6 nitrogen and oxygen atoms in total. The first-order valence-corrected chi connectivity index (χ1v) is 13.6. The predicted molar refractivity (Wildman–Crippen MR) is 150 cm³/mol. The first-order chi connectivity index (χ1) is 19.0. The summed E-state index contributed by atoms with van der Waals surface area (Å²) in [5.41, 5.74) is 4.63. The average Bonchev–Trinajstić information content (AvgIpc) is 3.35. The van der Waals surface area contributed by atoms with E-state index in [1.54, 1.807) is 18.3 Å². The van der Waals surface area contributed by atoms with Gasteiger partial charge in [-0.3, -0.25) is 19.1 Å². The van der Waals surface area contributed by atoms with Crippen LogP contribution < -0.4 is 4.74 Å². The van der Waals surface area contributed by atoms with E-state index >= 15 is 0 Å². The molecule has 2 aromatic heterocycles. The topological polar surface area (TPSA) is 59.7 Å². The van der Waals surface area contributed by atoms with E-state index in [4.69, 9.17) is 16.1 Å². The number of imidazole rings is 1. The molecule has 0 aliphatic carbocycles. The van der Waals surface area contributed by atoms with Gasteiger partial charge in [0.1, 0.15) is 24.0 Å². The van der Waals surface area contributed by atoms with E-state index < -0.39 is 0 Å². The van der Waals surface area contributed by atoms with E-state index in [0.29, 0.717) is 12.4 Å². The largest absolute Gasteiger partial charge is 0.489 e. The second-order valence-electron chi connectivity index (χ2n) is 10.1. The molecule has 0 radical (unpaired) electrons. The quantitative estimate of drug-likeness (QED) is 0.189. The maximum atomic E-state index is 13.5. The molecule has 5 rings (SSSR count). The number of ketones is 1. The van der Waals surface area contributed by atoms with Crippen molar-refractivity contribution in [1.82, 2.24) is 19.3 Å². The van der Waals surface area contributed by atoms with Crippen molar-refractivity contribution in [3.63, 3.8) is 0 Å². The van der Waals surface area contributed by atoms with Crippen LogP contribution in [0.25, 0.3) is 16.8 Å². The fraction of sp³-hybridized carbons (Fsp3) is 0.344. The van der Waals surface area contributed by atoms with E-state index in [1.165, 1.54) is 12.1 Å². The SMILES string of the molecule is C#CC(=O)[C@H](CCC)N1CCCCC1c1nc(-c2ccc(COc3cccc(F)c3)cc2)c2c(C)nccn12. The molecule has 4 aromatic rings. The van der Waals surface area contributed by atoms with Crippen molar-refractivity contribution in [3.05, 3.63) is 83.8 Å². The first-order valence-electron chi connectivity index (χ1n) is 13.6. The highest BCUT2D eigenvalue weighted by atomic mass is 19.1. The monoisotopic (exact) mass is 524 g/mol. The standard InChI is InChI=1S/C32H33FN4O2/c1-4-9-27(29(38)5-2)36-18-7-6-12-28(36)32-35-30(31-22(3)34-17-19-37(31)32)24-15-13-23(14-16-24)21-39-26-11-8-10-25(33)20-26/h2,8,10-11,13-17,19-20,27-28H,4,6-7,9,12,18,21H2,1,3H3/t27-,28?/m0/s1. The lowest BCUT2D eigenvalue weighted by molar-refractivity contribution is -0.120. The average molecular weight is 525 g/mol. The molecule has 0 amide bonds. The number of carbonyl (C=O) groups excluding carboxylic acids is 1. The van der Waals surface area contributed by atoms with Gasteiger partial charge in [-0.2, -0.15) is 0 Å². The summed E-state index contributed by atoms with van der Waals surface area (Å²) in [5, 5.41) is 0. The van der Waals surface area contributed by atoms with Gasteiger partial charge in [0.15, 0.2) is 0 Å². The van der Waals surface area contributed by atoms with Gasteiger partial charge < -0.3 is 4.74 Å². The van der Waals surface area contributed by atoms with Crippen molar-refractivity contribution >= 4 is 11.3 Å². The molecule has 0 bridgehead atoms. The number of ether oxygens (including phenoxy) is 1. The number of likely N-dealkylation sites (tertiary alicyclic amines) is 1. The van der Waals surface area contributed by atoms with Crippen LogP contribution in [0.15, 0.2) is 60.9 Å². The van der Waals surface area contributed by atoms with E-state index in [9.17, 15) is 9.18 Å². The summed E-state index contributed by atoms with van der Waals surface area (Å²) in [6.07, 6.45) is 14.0. The molecule has 0 saturated carbocycles. The van der Waals surface area contributed by atoms with Gasteiger partial charge >= 0.3 is 0 Å². The maximum Gasteiger partial charge on any atom is 0.222 e. The van der Waals surface area contributed by atoms with Gasteiger partial charge in [-0.25, -0.2) is 9.37 Å². The lowest BCUT2D eigenvalue weighted by Gasteiger charge is -2.39. The smallest absolute Gasteiger partial charge is 0.222 e. The van der Waals surface area contributed by atoms with E-state index in [1.807, 2.05) is 37.4 Å². The van der Waals surface area contributed by atoms with Crippen molar-refractivity contribution < 1.29 is 13.9 Å². The summed E-state index contributed by atoms with van der Waals surface area (Å²) in [6, 6.07) is 13.9. The summed E-state index contributed by atoms with van der Waals surface area (Å²) in [5.74, 6) is 3.31. The van der Waals surface area contributed by atoms with Crippen LogP contribution >= 0.6 is 0 Å². The van der Waals surface area contributed by atoms with Crippen molar-refractivity contribution in [2.45, 2.75) is 64.6 Å². The Bertz CT molecular complexity index is 1510. The number of hydrogen-bond donors (Lipinski definition) is 0. The molecule has 39 heavy (non-hydrogen) atoms. The Morgan fingerprint density at radius 3 is 2.79 bits per heavy atom. The van der Waals surface area contributed by atoms with Gasteiger partial charge in [0, 0.05) is 24.0 Å². The molecule has 7 heteroatoms. The van der Waals surface area contributed by atoms with Crippen LogP contribution in [-0.4, -0.2) is 37.6 Å². The van der Waals surface area contributed by atoms with Gasteiger partial charge in [0.05, 0.1) is 29.0 Å². The Morgan fingerprint density at radius 1 is 1.23 bits per heavy atom. The van der Waals surface area contributed by atoms with Crippen LogP contribution in [0, 0.1) is 25.1 Å². The van der Waals surface area contributed by atoms with Gasteiger partial charge in [-0.15, -0.1) is 6.42 Å². The van der Waals surface area contributed by atoms with Crippen LogP contribution in [0.3, 0.4) is 0 Å². The number of hydrogen-bond acceptors (Lipinski definition) is 5. The molecule has 1 unspecified atom stereocenters. The number of fused-ring (bicyclic) bond motifs is 1. The Balaban J connectivity index is 1.48. The van der Waals surface area contributed by atoms with E-state index in [-0.39, 0.29) is 23.7 Å². The second kappa shape index (κ2) is 11.8. The van der Waals surface area contributed by atoms with E-state index in [0.717, 1.165) is 72.5 Å². The number of nitrogens with zero attached hydrogens (tertiary/aromatic N) is 4. The molecule has 1 saturated heterocycles. The minimum Gasteiger partial charge on any atom is -0.489 e. The molecule has 3 heterocycles. The number of terminal acetylenes is 1. The number of piperidine rings is 1. The number of benzene rings is 2. The summed E-state index contributed by atoms with van der Waals surface area (Å²) in [4.78, 5) is 24.8. The number of halogens is 1. The lowest BCUT2D eigenvalue weighted by Crippen LogP contribution is -2.46. The predicted octanol–water partition coefficient (Wildman–Crippen LogP) is 6.32. The third-order valence-corrected chi connectivity index (χ3v) is 7.44. The first kappa shape index (κ1) is 26.6. The van der Waals surface area contributed by atoms with Crippen LogP contribution in [0.2, 0.25) is 0 Å². The fourth-order valence-electron chi connectivity index (χ4n) is 5.56. The van der Waals surface area contributed by atoms with Crippen LogP contribution in [0.5, 0.6) is 5.75 Å². The zero-order valence-electron chi connectivity index (χ0n) is 22.4. The number of carbonyl (C=O) groups is 1. The highest BCUT2D eigenvalue weighted by molar-refractivity contribution is 5.99. The van der Waals surface area contributed by atoms with Gasteiger partial charge in [-0.1, -0.05) is 50.1 Å². The van der Waals surface area contributed by atoms with Gasteiger partial charge in [-0.05, 0) is 56.3 Å². The molecule has 2 aromatic carbocycles. The molecule has 0 N–H and O–H groups in total. The Labute approximate surface area is 228 Å². The number of rotatable bonds is 9. The van der Waals surface area contributed by atoms with Gasteiger partial charge in [0.2, 0.25) is 5.78 Å². The Hall–Kier alpha value is -4.02. The zero-order valence-corrected chi connectivity index (χ0v) is 22.4. The summed E-state index contributed by atoms with van der Waals surface area (Å²) in [7, 11) is 0. The Kier molecular flexibility index (Phi) is 8.04. The van der Waals surface area contributed by atoms with Crippen LogP contribution in [-0.2, 0) is 11.4 Å². The zero-order chi connectivity index (χ0) is 27.4. The van der Waals surface area contributed by atoms with Crippen molar-refractivity contribution in [2.24, 2.45) is 0 Å². The highest BCUT2D eigenvalue weighted by Crippen LogP contribution is 2.37. The van der Waals surface area contributed by atoms with Crippen molar-refractivity contribution in [2.75, 3.05) is 6.54 Å². The number of aromatic nitrogens is 3. The van der Waals surface area contributed by atoms with Crippen molar-refractivity contribution in [3.8, 4) is 29.4 Å². The number of aryl methyl sites for hydroxylation is 1. The lowest BCUT2D eigenvalue weighted by atomic mass is 9.95. The maximum absolute atomic E-state index is 13.5. The van der Waals surface area contributed by atoms with Gasteiger partial charge in [0.25, 0.3) is 0 Å². The Morgan fingerprint density at radius 2 is 2.05 bits per heavy atom. The second-order valence-corrected chi connectivity index (χ2v) is 10.1. The van der Waals surface area contributed by atoms with E-state index in [2.05, 4.69) is 27.1 Å². The minimum absolute atomic E-state index is 0.0189. The summed E-state index contributed by atoms with van der Waals surface area (Å²) < 4.78 is 21.4.